The summed E-state index contributed by atoms with van der Waals surface area (Å²) in [7, 11) is 0. The van der Waals surface area contributed by atoms with Crippen LogP contribution in [0.4, 0.5) is 0 Å². The number of carbonyl (C=O) groups is 2. The minimum absolute atomic E-state index is 0.00711. The number of nitrogens with one attached hydrogen (secondary N) is 1. The number of amides is 1. The molecule has 3 atom stereocenters. The molecule has 1 saturated heterocycles. The van der Waals surface area contributed by atoms with Crippen molar-refractivity contribution in [1.82, 2.24) is 10.2 Å². The van der Waals surface area contributed by atoms with Gasteiger partial charge < -0.3 is 20.4 Å². The highest BCUT2D eigenvalue weighted by molar-refractivity contribution is 5.81. The Morgan fingerprint density at radius 1 is 1.19 bits per heavy atom. The zero-order chi connectivity index (χ0) is 22.4. The van der Waals surface area contributed by atoms with Crippen LogP contribution in [0.3, 0.4) is 0 Å². The molecule has 1 aliphatic heterocycles. The van der Waals surface area contributed by atoms with Gasteiger partial charge >= 0.3 is 5.97 Å². The van der Waals surface area contributed by atoms with Gasteiger partial charge in [-0.15, -0.1) is 0 Å². The Bertz CT molecular complexity index is 901. The maximum Gasteiger partial charge on any atom is 0.322 e. The van der Waals surface area contributed by atoms with Gasteiger partial charge in [0, 0.05) is 25.4 Å². The Balaban J connectivity index is 1.69. The molecule has 6 heteroatoms. The summed E-state index contributed by atoms with van der Waals surface area (Å²) in [5.74, 6) is -0.621. The molecule has 0 aromatic heterocycles. The van der Waals surface area contributed by atoms with Crippen LogP contribution in [0.1, 0.15) is 43.7 Å². The first kappa shape index (κ1) is 22.8. The Hall–Kier alpha value is -2.86. The third kappa shape index (κ3) is 5.85. The van der Waals surface area contributed by atoms with Gasteiger partial charge in [0.15, 0.2) is 0 Å². The highest BCUT2D eigenvalue weighted by Crippen LogP contribution is 2.40. The van der Waals surface area contributed by atoms with Gasteiger partial charge in [-0.05, 0) is 47.6 Å². The van der Waals surface area contributed by atoms with E-state index < -0.39 is 5.97 Å². The Morgan fingerprint density at radius 3 is 2.58 bits per heavy atom. The van der Waals surface area contributed by atoms with E-state index in [-0.39, 0.29) is 30.2 Å². The fourth-order valence-corrected chi connectivity index (χ4v) is 4.57. The monoisotopic (exact) mass is 424 g/mol. The first-order chi connectivity index (χ1) is 14.8. The molecule has 3 rings (SSSR count). The van der Waals surface area contributed by atoms with Crippen molar-refractivity contribution in [1.29, 1.82) is 0 Å². The lowest BCUT2D eigenvalue weighted by molar-refractivity contribution is -0.138. The summed E-state index contributed by atoms with van der Waals surface area (Å²) < 4.78 is 0. The second-order valence-corrected chi connectivity index (χ2v) is 8.86. The lowest BCUT2D eigenvalue weighted by Gasteiger charge is -2.46. The first-order valence-corrected chi connectivity index (χ1v) is 10.8. The normalized spacial score (nSPS) is 22.6. The van der Waals surface area contributed by atoms with Gasteiger partial charge in [-0.25, -0.2) is 0 Å². The van der Waals surface area contributed by atoms with Gasteiger partial charge in [0.05, 0.1) is 0 Å². The highest BCUT2D eigenvalue weighted by atomic mass is 16.4. The summed E-state index contributed by atoms with van der Waals surface area (Å²) in [5.41, 5.74) is 2.23. The summed E-state index contributed by atoms with van der Waals surface area (Å²) in [5, 5.41) is 21.2. The van der Waals surface area contributed by atoms with Crippen LogP contribution >= 0.6 is 0 Å². The van der Waals surface area contributed by atoms with E-state index in [2.05, 4.69) is 30.1 Å². The lowest BCUT2D eigenvalue weighted by Crippen LogP contribution is -2.48. The number of likely N-dealkylation sites (tertiary alicyclic amines) is 1. The molecule has 0 bridgehead atoms. The molecule has 2 aromatic carbocycles. The van der Waals surface area contributed by atoms with Crippen LogP contribution < -0.4 is 5.32 Å². The molecule has 0 unspecified atom stereocenters. The quantitative estimate of drug-likeness (QED) is 0.605. The average Bonchev–Trinajstić information content (AvgIpc) is 2.75. The van der Waals surface area contributed by atoms with Crippen molar-refractivity contribution < 1.29 is 19.8 Å². The third-order valence-electron chi connectivity index (χ3n) is 6.69. The number of phenolic OH excluding ortho intramolecular Hbond substituents is 1. The molecule has 1 amide bonds. The first-order valence-electron chi connectivity index (χ1n) is 10.8. The molecule has 0 saturated carbocycles. The number of carbonyl (C=O) groups excluding carboxylic acids is 1. The third-order valence-corrected chi connectivity index (χ3v) is 6.69. The van der Waals surface area contributed by atoms with Crippen LogP contribution in [0.5, 0.6) is 5.75 Å². The molecule has 0 radical (unpaired) electrons. The van der Waals surface area contributed by atoms with E-state index in [1.54, 1.807) is 6.07 Å². The topological polar surface area (TPSA) is 89.9 Å². The van der Waals surface area contributed by atoms with Gasteiger partial charge in [-0.3, -0.25) is 9.59 Å². The van der Waals surface area contributed by atoms with E-state index in [1.165, 1.54) is 0 Å². The number of nitrogens with zero attached hydrogens (tertiary/aromatic N) is 1. The molecule has 6 nitrogen and oxygen atoms in total. The minimum Gasteiger partial charge on any atom is -0.508 e. The summed E-state index contributed by atoms with van der Waals surface area (Å²) in [4.78, 5) is 25.5. The van der Waals surface area contributed by atoms with E-state index >= 15 is 0 Å². The Kier molecular flexibility index (Phi) is 7.33. The zero-order valence-electron chi connectivity index (χ0n) is 18.3. The fraction of sp³-hybridized carbons (Fsp3) is 0.440. The van der Waals surface area contributed by atoms with Gasteiger partial charge in [-0.2, -0.15) is 0 Å². The zero-order valence-corrected chi connectivity index (χ0v) is 18.3. The average molecular weight is 425 g/mol. The smallest absolute Gasteiger partial charge is 0.322 e. The minimum atomic E-state index is -1.04. The number of rotatable bonds is 8. The van der Waals surface area contributed by atoms with Crippen molar-refractivity contribution in [3.8, 4) is 5.75 Å². The summed E-state index contributed by atoms with van der Waals surface area (Å²) in [6, 6.07) is 17.5. The molecule has 0 aliphatic carbocycles. The summed E-state index contributed by atoms with van der Waals surface area (Å²) in [6.07, 6.45) is 1.22. The summed E-state index contributed by atoms with van der Waals surface area (Å²) >= 11 is 0. The van der Waals surface area contributed by atoms with Crippen molar-refractivity contribution >= 4 is 11.9 Å². The van der Waals surface area contributed by atoms with Gasteiger partial charge in [0.25, 0.3) is 0 Å². The molecular weight excluding hydrogens is 392 g/mol. The molecule has 1 fully saturated rings. The molecular formula is C25H32N2O4. The van der Waals surface area contributed by atoms with Crippen molar-refractivity contribution in [2.45, 2.75) is 38.0 Å². The van der Waals surface area contributed by atoms with Crippen LogP contribution in [0, 0.1) is 5.92 Å². The largest absolute Gasteiger partial charge is 0.508 e. The van der Waals surface area contributed by atoms with Crippen molar-refractivity contribution in [3.63, 3.8) is 0 Å². The van der Waals surface area contributed by atoms with E-state index in [1.807, 2.05) is 42.5 Å². The predicted octanol–water partition coefficient (Wildman–Crippen LogP) is 3.37. The predicted molar refractivity (Wildman–Crippen MR) is 120 cm³/mol. The number of hydrogen-bond donors (Lipinski definition) is 3. The number of aromatic hydroxyl groups is 1. The SMILES string of the molecule is C[C@H]1CN(C[C@@H](CC(=O)NCC(=O)O)c2ccccc2)CC[C@@]1(C)c1cccc(O)c1. The van der Waals surface area contributed by atoms with E-state index in [0.29, 0.717) is 11.7 Å². The van der Waals surface area contributed by atoms with Crippen molar-refractivity contribution in [2.75, 3.05) is 26.2 Å². The lowest BCUT2D eigenvalue weighted by atomic mass is 9.68. The van der Waals surface area contributed by atoms with E-state index in [9.17, 15) is 14.7 Å². The number of phenols is 1. The number of hydrogen-bond acceptors (Lipinski definition) is 4. The van der Waals surface area contributed by atoms with Crippen molar-refractivity contribution in [3.05, 3.63) is 65.7 Å². The molecule has 0 spiro atoms. The number of aliphatic carboxylic acids is 1. The maximum absolute atomic E-state index is 12.3. The molecule has 1 aliphatic rings. The molecule has 31 heavy (non-hydrogen) atoms. The Morgan fingerprint density at radius 2 is 1.94 bits per heavy atom. The van der Waals surface area contributed by atoms with Gasteiger partial charge in [0.1, 0.15) is 12.3 Å². The maximum atomic E-state index is 12.3. The van der Waals surface area contributed by atoms with Gasteiger partial charge in [0.2, 0.25) is 5.91 Å². The van der Waals surface area contributed by atoms with E-state index in [0.717, 1.165) is 37.2 Å². The Labute approximate surface area is 183 Å². The van der Waals surface area contributed by atoms with Gasteiger partial charge in [-0.1, -0.05) is 56.3 Å². The highest BCUT2D eigenvalue weighted by Gasteiger charge is 2.38. The number of piperidine rings is 1. The van der Waals surface area contributed by atoms with Crippen LogP contribution in [-0.2, 0) is 15.0 Å². The standard InChI is InChI=1S/C25H32N2O4/c1-18-16-27(12-11-25(18,2)21-9-6-10-22(28)14-21)17-20(19-7-4-3-5-8-19)13-23(29)26-15-24(30)31/h3-10,14,18,20,28H,11-13,15-17H2,1-2H3,(H,26,29)(H,30,31)/t18-,20+,25+/m0/s1. The fourth-order valence-electron chi connectivity index (χ4n) is 4.57. The number of carboxylic acids is 1. The molecule has 2 aromatic rings. The van der Waals surface area contributed by atoms with Crippen molar-refractivity contribution in [2.24, 2.45) is 5.92 Å². The van der Waals surface area contributed by atoms with Crippen LogP contribution in [-0.4, -0.2) is 53.2 Å². The molecule has 3 N–H and O–H groups in total. The second-order valence-electron chi connectivity index (χ2n) is 8.86. The van der Waals surface area contributed by atoms with E-state index in [4.69, 9.17) is 5.11 Å². The number of carboxylic acid groups (broad SMARTS) is 1. The summed E-state index contributed by atoms with van der Waals surface area (Å²) in [6.45, 7) is 6.68. The van der Waals surface area contributed by atoms with Crippen LogP contribution in [0.25, 0.3) is 0 Å². The number of benzene rings is 2. The van der Waals surface area contributed by atoms with Crippen LogP contribution in [0.15, 0.2) is 54.6 Å². The second kappa shape index (κ2) is 9.96. The molecule has 1 heterocycles. The van der Waals surface area contributed by atoms with Crippen LogP contribution in [0.2, 0.25) is 0 Å². The molecule has 166 valence electrons.